The van der Waals surface area contributed by atoms with E-state index in [-0.39, 0.29) is 11.4 Å². The Balaban J connectivity index is 1.65. The zero-order valence-electron chi connectivity index (χ0n) is 14.9. The van der Waals surface area contributed by atoms with E-state index in [4.69, 9.17) is 0 Å². The van der Waals surface area contributed by atoms with E-state index in [1.54, 1.807) is 11.3 Å². The zero-order chi connectivity index (χ0) is 17.0. The van der Waals surface area contributed by atoms with Crippen molar-refractivity contribution in [3.63, 3.8) is 0 Å². The van der Waals surface area contributed by atoms with Gasteiger partial charge in [-0.05, 0) is 32.6 Å². The lowest BCUT2D eigenvalue weighted by Crippen LogP contribution is -2.56. The van der Waals surface area contributed by atoms with Gasteiger partial charge in [0, 0.05) is 36.7 Å². The summed E-state index contributed by atoms with van der Waals surface area (Å²) in [7, 11) is 0. The van der Waals surface area contributed by atoms with Crippen molar-refractivity contribution in [3.05, 3.63) is 15.6 Å². The second-order valence-corrected chi connectivity index (χ2v) is 9.29. The number of aryl methyl sites for hydroxylation is 2. The highest BCUT2D eigenvalue weighted by Crippen LogP contribution is 2.36. The van der Waals surface area contributed by atoms with Gasteiger partial charge in [0.1, 0.15) is 4.88 Å². The van der Waals surface area contributed by atoms with Crippen molar-refractivity contribution in [2.24, 2.45) is 0 Å². The van der Waals surface area contributed by atoms with Crippen LogP contribution in [-0.2, 0) is 6.42 Å². The normalized spacial score (nSPS) is 21.1. The highest BCUT2D eigenvalue weighted by molar-refractivity contribution is 7.99. The van der Waals surface area contributed by atoms with E-state index in [0.29, 0.717) is 0 Å². The van der Waals surface area contributed by atoms with Crippen LogP contribution in [-0.4, -0.2) is 52.5 Å². The van der Waals surface area contributed by atoms with Crippen LogP contribution in [0.25, 0.3) is 0 Å². The molecule has 0 unspecified atom stereocenters. The van der Waals surface area contributed by atoms with Crippen LogP contribution in [0.5, 0.6) is 0 Å². The molecular weight excluding hydrogens is 338 g/mol. The van der Waals surface area contributed by atoms with Gasteiger partial charge in [-0.1, -0.05) is 19.8 Å². The van der Waals surface area contributed by atoms with Crippen LogP contribution in [0, 0.1) is 6.92 Å². The number of carbonyl (C=O) groups excluding carboxylic acids is 1. The first kappa shape index (κ1) is 18.2. The fraction of sp³-hybridized carbons (Fsp3) is 0.778. The van der Waals surface area contributed by atoms with Crippen molar-refractivity contribution in [1.29, 1.82) is 0 Å². The van der Waals surface area contributed by atoms with Crippen LogP contribution in [0.2, 0.25) is 0 Å². The van der Waals surface area contributed by atoms with Crippen LogP contribution < -0.4 is 5.32 Å². The van der Waals surface area contributed by atoms with Crippen LogP contribution in [0.1, 0.15) is 59.4 Å². The van der Waals surface area contributed by atoms with Gasteiger partial charge in [0.2, 0.25) is 0 Å². The maximum atomic E-state index is 12.7. The third kappa shape index (κ3) is 3.97. The highest BCUT2D eigenvalue weighted by Gasteiger charge is 2.40. The molecule has 1 N–H and O–H groups in total. The first-order chi connectivity index (χ1) is 11.6. The number of amides is 1. The molecule has 2 aliphatic rings. The topological polar surface area (TPSA) is 45.2 Å². The molecule has 1 aromatic heterocycles. The molecule has 0 spiro atoms. The van der Waals surface area contributed by atoms with E-state index in [0.717, 1.165) is 35.0 Å². The maximum Gasteiger partial charge on any atom is 0.263 e. The van der Waals surface area contributed by atoms with Gasteiger partial charge in [-0.3, -0.25) is 9.69 Å². The van der Waals surface area contributed by atoms with E-state index in [2.05, 4.69) is 33.9 Å². The maximum absolute atomic E-state index is 12.7. The zero-order valence-corrected chi connectivity index (χ0v) is 16.5. The molecule has 2 heterocycles. The van der Waals surface area contributed by atoms with Crippen molar-refractivity contribution in [1.82, 2.24) is 15.2 Å². The predicted octanol–water partition coefficient (Wildman–Crippen LogP) is 3.50. The number of thioether (sulfide) groups is 1. The Morgan fingerprint density at radius 2 is 2.00 bits per heavy atom. The van der Waals surface area contributed by atoms with Crippen molar-refractivity contribution in [3.8, 4) is 0 Å². The van der Waals surface area contributed by atoms with Crippen LogP contribution >= 0.6 is 23.1 Å². The fourth-order valence-corrected chi connectivity index (χ4v) is 5.97. The molecule has 1 saturated carbocycles. The lowest BCUT2D eigenvalue weighted by atomic mass is 9.94. The molecule has 0 bridgehead atoms. The summed E-state index contributed by atoms with van der Waals surface area (Å²) in [6.07, 6.45) is 7.07. The van der Waals surface area contributed by atoms with E-state index < -0.39 is 0 Å². The van der Waals surface area contributed by atoms with Crippen LogP contribution in [0.15, 0.2) is 0 Å². The number of carbonyl (C=O) groups is 1. The van der Waals surface area contributed by atoms with Gasteiger partial charge in [-0.25, -0.2) is 4.98 Å². The Hall–Kier alpha value is -0.590. The number of aromatic nitrogens is 1. The predicted molar refractivity (Wildman–Crippen MR) is 103 cm³/mol. The first-order valence-corrected chi connectivity index (χ1v) is 11.2. The van der Waals surface area contributed by atoms with Crippen molar-refractivity contribution in [2.75, 3.05) is 31.1 Å². The molecule has 4 nitrogen and oxygen atoms in total. The number of nitrogens with zero attached hydrogens (tertiary/aromatic N) is 2. The Bertz CT molecular complexity index is 561. The summed E-state index contributed by atoms with van der Waals surface area (Å²) in [5.74, 6) is 2.53. The second-order valence-electron chi connectivity index (χ2n) is 6.99. The van der Waals surface area contributed by atoms with Gasteiger partial charge < -0.3 is 5.32 Å². The van der Waals surface area contributed by atoms with E-state index in [1.165, 1.54) is 50.3 Å². The lowest BCUT2D eigenvalue weighted by Gasteiger charge is -2.43. The summed E-state index contributed by atoms with van der Waals surface area (Å²) < 4.78 is 0. The monoisotopic (exact) mass is 367 g/mol. The summed E-state index contributed by atoms with van der Waals surface area (Å²) in [6.45, 7) is 7.23. The molecule has 0 radical (unpaired) electrons. The van der Waals surface area contributed by atoms with Crippen molar-refractivity contribution < 1.29 is 4.79 Å². The Morgan fingerprint density at radius 3 is 2.67 bits per heavy atom. The van der Waals surface area contributed by atoms with Crippen molar-refractivity contribution >= 4 is 29.0 Å². The molecule has 1 saturated heterocycles. The molecule has 6 heteroatoms. The van der Waals surface area contributed by atoms with Crippen molar-refractivity contribution in [2.45, 2.75) is 57.9 Å². The quantitative estimate of drug-likeness (QED) is 0.836. The SMILES string of the molecule is CCCc1nc(C)c(C(=O)NCC2(N3CCSCC3)CCCC2)s1. The summed E-state index contributed by atoms with van der Waals surface area (Å²) in [6, 6.07) is 0. The lowest BCUT2D eigenvalue weighted by molar-refractivity contribution is 0.0820. The van der Waals surface area contributed by atoms with Gasteiger partial charge in [0.15, 0.2) is 0 Å². The van der Waals surface area contributed by atoms with Gasteiger partial charge in [-0.2, -0.15) is 11.8 Å². The fourth-order valence-electron chi connectivity index (χ4n) is 3.98. The van der Waals surface area contributed by atoms with Crippen LogP contribution in [0.3, 0.4) is 0 Å². The number of rotatable bonds is 6. The summed E-state index contributed by atoms with van der Waals surface area (Å²) in [5.41, 5.74) is 1.08. The molecule has 0 aromatic carbocycles. The molecule has 3 rings (SSSR count). The Kier molecular flexibility index (Phi) is 6.22. The van der Waals surface area contributed by atoms with Gasteiger partial charge in [0.25, 0.3) is 5.91 Å². The first-order valence-electron chi connectivity index (χ1n) is 9.22. The third-order valence-electron chi connectivity index (χ3n) is 5.31. The molecule has 1 aliphatic heterocycles. The molecule has 134 valence electrons. The Labute approximate surface area is 153 Å². The number of thiazole rings is 1. The number of hydrogen-bond donors (Lipinski definition) is 1. The molecular formula is C18H29N3OS2. The molecule has 1 aromatic rings. The highest BCUT2D eigenvalue weighted by atomic mass is 32.2. The molecule has 1 amide bonds. The van der Waals surface area contributed by atoms with Gasteiger partial charge in [0.05, 0.1) is 10.7 Å². The molecule has 2 fully saturated rings. The minimum atomic E-state index is 0.0741. The molecule has 0 atom stereocenters. The minimum Gasteiger partial charge on any atom is -0.349 e. The van der Waals surface area contributed by atoms with E-state index >= 15 is 0 Å². The summed E-state index contributed by atoms with van der Waals surface area (Å²) >= 11 is 3.62. The smallest absolute Gasteiger partial charge is 0.263 e. The average molecular weight is 368 g/mol. The van der Waals surface area contributed by atoms with E-state index in [1.807, 2.05) is 6.92 Å². The third-order valence-corrected chi connectivity index (χ3v) is 7.46. The largest absolute Gasteiger partial charge is 0.349 e. The number of hydrogen-bond acceptors (Lipinski definition) is 5. The average Bonchev–Trinajstić information content (AvgIpc) is 3.22. The second kappa shape index (κ2) is 8.19. The van der Waals surface area contributed by atoms with Gasteiger partial charge >= 0.3 is 0 Å². The minimum absolute atomic E-state index is 0.0741. The standard InChI is InChI=1S/C18H29N3OS2/c1-3-6-15-20-14(2)16(24-15)17(22)19-13-18(7-4-5-8-18)21-9-11-23-12-10-21/h3-13H2,1-2H3,(H,19,22). The van der Waals surface area contributed by atoms with Crippen LogP contribution in [0.4, 0.5) is 0 Å². The molecule has 24 heavy (non-hydrogen) atoms. The number of nitrogens with one attached hydrogen (secondary N) is 1. The Morgan fingerprint density at radius 1 is 1.29 bits per heavy atom. The summed E-state index contributed by atoms with van der Waals surface area (Å²) in [4.78, 5) is 20.7. The van der Waals surface area contributed by atoms with Gasteiger partial charge in [-0.15, -0.1) is 11.3 Å². The van der Waals surface area contributed by atoms with E-state index in [9.17, 15) is 4.79 Å². The molecule has 1 aliphatic carbocycles. The summed E-state index contributed by atoms with van der Waals surface area (Å²) in [5, 5.41) is 4.35.